The lowest BCUT2D eigenvalue weighted by molar-refractivity contribution is -0.138. The lowest BCUT2D eigenvalue weighted by atomic mass is 10.2. The maximum Gasteiger partial charge on any atom is 0.317 e. The Balaban J connectivity index is 2.26. The van der Waals surface area contributed by atoms with Gasteiger partial charge in [0.2, 0.25) is 0 Å². The summed E-state index contributed by atoms with van der Waals surface area (Å²) in [4.78, 5) is 17.1. The third-order valence-electron chi connectivity index (χ3n) is 3.12. The van der Waals surface area contributed by atoms with E-state index in [-0.39, 0.29) is 6.54 Å². The molecule has 0 aliphatic carbocycles. The standard InChI is InChI=1S/C11H23N3O2/c1-12(2)6-7-14-5-4-10(8-14)13(3)9-11(15)16/h10H,4-9H2,1-3H3,(H,15,16). The van der Waals surface area contributed by atoms with Crippen molar-refractivity contribution in [3.05, 3.63) is 0 Å². The van der Waals surface area contributed by atoms with Gasteiger partial charge >= 0.3 is 5.97 Å². The molecular weight excluding hydrogens is 206 g/mol. The monoisotopic (exact) mass is 229 g/mol. The normalized spacial score (nSPS) is 22.2. The maximum absolute atomic E-state index is 10.6. The van der Waals surface area contributed by atoms with Crippen LogP contribution < -0.4 is 0 Å². The van der Waals surface area contributed by atoms with Crippen LogP contribution in [0.15, 0.2) is 0 Å². The topological polar surface area (TPSA) is 47.0 Å². The minimum Gasteiger partial charge on any atom is -0.480 e. The molecule has 1 saturated heterocycles. The van der Waals surface area contributed by atoms with E-state index in [0.717, 1.165) is 32.6 Å². The van der Waals surface area contributed by atoms with Crippen molar-refractivity contribution < 1.29 is 9.90 Å². The zero-order chi connectivity index (χ0) is 12.1. The van der Waals surface area contributed by atoms with Gasteiger partial charge in [-0.25, -0.2) is 0 Å². The first-order valence-electron chi connectivity index (χ1n) is 5.78. The quantitative estimate of drug-likeness (QED) is 0.674. The summed E-state index contributed by atoms with van der Waals surface area (Å²) in [7, 11) is 6.04. The van der Waals surface area contributed by atoms with Crippen molar-refractivity contribution in [2.24, 2.45) is 0 Å². The highest BCUT2D eigenvalue weighted by atomic mass is 16.4. The van der Waals surface area contributed by atoms with E-state index in [1.54, 1.807) is 0 Å². The van der Waals surface area contributed by atoms with E-state index in [0.29, 0.717) is 6.04 Å². The van der Waals surface area contributed by atoms with Gasteiger partial charge in [0.25, 0.3) is 0 Å². The molecule has 0 aromatic rings. The molecule has 1 rings (SSSR count). The molecule has 1 atom stereocenters. The number of likely N-dealkylation sites (N-methyl/N-ethyl adjacent to an activating group) is 2. The van der Waals surface area contributed by atoms with Crippen molar-refractivity contribution in [3.8, 4) is 0 Å². The van der Waals surface area contributed by atoms with Gasteiger partial charge in [-0.2, -0.15) is 0 Å². The first kappa shape index (κ1) is 13.4. The first-order chi connectivity index (χ1) is 7.49. The summed E-state index contributed by atoms with van der Waals surface area (Å²) in [5.41, 5.74) is 0. The van der Waals surface area contributed by atoms with Gasteiger partial charge in [0.1, 0.15) is 0 Å². The molecule has 1 unspecified atom stereocenters. The fourth-order valence-corrected chi connectivity index (χ4v) is 2.06. The summed E-state index contributed by atoms with van der Waals surface area (Å²) < 4.78 is 0. The van der Waals surface area contributed by atoms with Crippen molar-refractivity contribution in [2.75, 3.05) is 53.9 Å². The van der Waals surface area contributed by atoms with Gasteiger partial charge in [0.15, 0.2) is 0 Å². The van der Waals surface area contributed by atoms with E-state index >= 15 is 0 Å². The van der Waals surface area contributed by atoms with Gasteiger partial charge in [-0.05, 0) is 34.1 Å². The third kappa shape index (κ3) is 4.47. The molecule has 16 heavy (non-hydrogen) atoms. The fourth-order valence-electron chi connectivity index (χ4n) is 2.06. The van der Waals surface area contributed by atoms with Crippen molar-refractivity contribution >= 4 is 5.97 Å². The Morgan fingerprint density at radius 1 is 1.44 bits per heavy atom. The molecule has 1 fully saturated rings. The summed E-state index contributed by atoms with van der Waals surface area (Å²) in [6.45, 7) is 4.37. The summed E-state index contributed by atoms with van der Waals surface area (Å²) >= 11 is 0. The Kier molecular flexibility index (Phi) is 5.18. The number of nitrogens with zero attached hydrogens (tertiary/aromatic N) is 3. The number of hydrogen-bond donors (Lipinski definition) is 1. The Labute approximate surface area is 97.6 Å². The number of carboxylic acids is 1. The summed E-state index contributed by atoms with van der Waals surface area (Å²) in [5.74, 6) is -0.741. The predicted octanol–water partition coefficient (Wildman–Crippen LogP) is -0.361. The average Bonchev–Trinajstić information content (AvgIpc) is 2.61. The van der Waals surface area contributed by atoms with Crippen LogP contribution >= 0.6 is 0 Å². The highest BCUT2D eigenvalue weighted by molar-refractivity contribution is 5.69. The van der Waals surface area contributed by atoms with Gasteiger partial charge in [-0.15, -0.1) is 0 Å². The minimum absolute atomic E-state index is 0.145. The SMILES string of the molecule is CN(C)CCN1CCC(N(C)CC(=O)O)C1. The molecule has 5 nitrogen and oxygen atoms in total. The lowest BCUT2D eigenvalue weighted by Gasteiger charge is -2.23. The molecule has 0 spiro atoms. The maximum atomic E-state index is 10.6. The van der Waals surface area contributed by atoms with Crippen LogP contribution in [0.3, 0.4) is 0 Å². The van der Waals surface area contributed by atoms with E-state index in [4.69, 9.17) is 5.11 Å². The van der Waals surface area contributed by atoms with E-state index in [9.17, 15) is 4.79 Å². The van der Waals surface area contributed by atoms with Crippen LogP contribution in [0, 0.1) is 0 Å². The van der Waals surface area contributed by atoms with Crippen LogP contribution in [0.2, 0.25) is 0 Å². The van der Waals surface area contributed by atoms with Crippen molar-refractivity contribution in [2.45, 2.75) is 12.5 Å². The van der Waals surface area contributed by atoms with E-state index in [1.165, 1.54) is 0 Å². The Bertz CT molecular complexity index is 233. The second-order valence-electron chi connectivity index (χ2n) is 4.86. The number of hydrogen-bond acceptors (Lipinski definition) is 4. The molecule has 0 radical (unpaired) electrons. The Morgan fingerprint density at radius 3 is 2.69 bits per heavy atom. The van der Waals surface area contributed by atoms with Crippen LogP contribution in [-0.2, 0) is 4.79 Å². The molecule has 0 aromatic heterocycles. The van der Waals surface area contributed by atoms with Gasteiger partial charge in [0.05, 0.1) is 6.54 Å². The van der Waals surface area contributed by atoms with E-state index in [1.807, 2.05) is 11.9 Å². The summed E-state index contributed by atoms with van der Waals surface area (Å²) in [6, 6.07) is 0.401. The predicted molar refractivity (Wildman–Crippen MR) is 63.7 cm³/mol. The molecule has 0 aromatic carbocycles. The molecule has 94 valence electrons. The first-order valence-corrected chi connectivity index (χ1v) is 5.78. The van der Waals surface area contributed by atoms with Crippen molar-refractivity contribution in [3.63, 3.8) is 0 Å². The van der Waals surface area contributed by atoms with Gasteiger partial charge in [-0.3, -0.25) is 9.69 Å². The summed E-state index contributed by atoms with van der Waals surface area (Å²) in [6.07, 6.45) is 1.08. The molecule has 1 N–H and O–H groups in total. The number of aliphatic carboxylic acids is 1. The van der Waals surface area contributed by atoms with Crippen molar-refractivity contribution in [1.82, 2.24) is 14.7 Å². The zero-order valence-corrected chi connectivity index (χ0v) is 10.5. The van der Waals surface area contributed by atoms with Gasteiger partial charge < -0.3 is 14.9 Å². The van der Waals surface area contributed by atoms with E-state index in [2.05, 4.69) is 23.9 Å². The number of rotatable bonds is 6. The summed E-state index contributed by atoms with van der Waals surface area (Å²) in [5, 5.41) is 8.72. The van der Waals surface area contributed by atoms with Crippen LogP contribution in [-0.4, -0.2) is 85.7 Å². The highest BCUT2D eigenvalue weighted by Crippen LogP contribution is 2.13. The Morgan fingerprint density at radius 2 is 2.12 bits per heavy atom. The molecule has 1 aliphatic heterocycles. The smallest absolute Gasteiger partial charge is 0.317 e. The second-order valence-corrected chi connectivity index (χ2v) is 4.86. The van der Waals surface area contributed by atoms with Gasteiger partial charge in [0, 0.05) is 25.7 Å². The van der Waals surface area contributed by atoms with E-state index < -0.39 is 5.97 Å². The molecule has 0 bridgehead atoms. The minimum atomic E-state index is -0.741. The number of carbonyl (C=O) groups is 1. The highest BCUT2D eigenvalue weighted by Gasteiger charge is 2.26. The molecule has 0 amide bonds. The largest absolute Gasteiger partial charge is 0.480 e. The number of likely N-dealkylation sites (tertiary alicyclic amines) is 1. The van der Waals surface area contributed by atoms with Crippen LogP contribution in [0.1, 0.15) is 6.42 Å². The van der Waals surface area contributed by atoms with Crippen molar-refractivity contribution in [1.29, 1.82) is 0 Å². The molecule has 1 heterocycles. The fraction of sp³-hybridized carbons (Fsp3) is 0.909. The van der Waals surface area contributed by atoms with Gasteiger partial charge in [-0.1, -0.05) is 0 Å². The van der Waals surface area contributed by atoms with Crippen LogP contribution in [0.5, 0.6) is 0 Å². The Hall–Kier alpha value is -0.650. The molecule has 0 saturated carbocycles. The molecule has 5 heteroatoms. The van der Waals surface area contributed by atoms with Crippen LogP contribution in [0.4, 0.5) is 0 Å². The average molecular weight is 229 g/mol. The zero-order valence-electron chi connectivity index (χ0n) is 10.5. The van der Waals surface area contributed by atoms with Crippen LogP contribution in [0.25, 0.3) is 0 Å². The lowest BCUT2D eigenvalue weighted by Crippen LogP contribution is -2.38. The number of carboxylic acid groups (broad SMARTS) is 1. The third-order valence-corrected chi connectivity index (χ3v) is 3.12. The molecule has 1 aliphatic rings. The molecular formula is C11H23N3O2. The second kappa shape index (κ2) is 6.18.